The molecule has 0 aromatic rings. The van der Waals surface area contributed by atoms with E-state index in [1.54, 1.807) is 0 Å². The molecule has 1 fully saturated rings. The lowest BCUT2D eigenvalue weighted by Gasteiger charge is -2.35. The van der Waals surface area contributed by atoms with Gasteiger partial charge in [-0.3, -0.25) is 9.80 Å². The van der Waals surface area contributed by atoms with Crippen LogP contribution < -0.4 is 0 Å². The highest BCUT2D eigenvalue weighted by atomic mass is 16.3. The molecule has 37 heavy (non-hydrogen) atoms. The number of hydrogen-bond acceptors (Lipinski definition) is 8. The van der Waals surface area contributed by atoms with E-state index in [1.807, 2.05) is 0 Å². The van der Waals surface area contributed by atoms with Gasteiger partial charge in [-0.05, 0) is 65.0 Å². The third kappa shape index (κ3) is 17.1. The lowest BCUT2D eigenvalue weighted by atomic mass is 9.84. The van der Waals surface area contributed by atoms with Crippen LogP contribution in [0.4, 0.5) is 0 Å². The van der Waals surface area contributed by atoms with E-state index in [9.17, 15) is 20.4 Å². The Hall–Kier alpha value is -0.320. The minimum atomic E-state index is -0.0754. The van der Waals surface area contributed by atoms with Crippen LogP contribution in [-0.2, 0) is 0 Å². The van der Waals surface area contributed by atoms with Crippen LogP contribution >= 0.6 is 0 Å². The van der Waals surface area contributed by atoms with Crippen molar-refractivity contribution >= 4 is 0 Å². The molecule has 0 saturated carbocycles. The summed E-state index contributed by atoms with van der Waals surface area (Å²) in [7, 11) is 0. The number of β-amino-alcohol motifs (C(OH)–C–C–N with tert-alkyl or cyclic N) is 3. The Bertz CT molecular complexity index is 516. The van der Waals surface area contributed by atoms with Crippen molar-refractivity contribution in [1.29, 1.82) is 0 Å². The topological polar surface area (TPSA) is 93.9 Å². The van der Waals surface area contributed by atoms with Gasteiger partial charge < -0.3 is 30.2 Å². The van der Waals surface area contributed by atoms with Gasteiger partial charge in [-0.2, -0.15) is 0 Å². The molecule has 0 aromatic heterocycles. The van der Waals surface area contributed by atoms with Gasteiger partial charge in [0.25, 0.3) is 0 Å². The predicted molar refractivity (Wildman–Crippen MR) is 154 cm³/mol. The van der Waals surface area contributed by atoms with Gasteiger partial charge in [0.05, 0.1) is 19.8 Å². The van der Waals surface area contributed by atoms with Crippen molar-refractivity contribution in [2.45, 2.75) is 78.1 Å². The lowest BCUT2D eigenvalue weighted by Crippen LogP contribution is -2.42. The van der Waals surface area contributed by atoms with Crippen molar-refractivity contribution in [3.63, 3.8) is 0 Å². The smallest absolute Gasteiger partial charge is 0.0558 e. The molecule has 1 heterocycles. The van der Waals surface area contributed by atoms with Crippen LogP contribution in [0.2, 0.25) is 0 Å². The van der Waals surface area contributed by atoms with Gasteiger partial charge in [0.2, 0.25) is 0 Å². The molecule has 1 saturated heterocycles. The van der Waals surface area contributed by atoms with Crippen LogP contribution in [0.3, 0.4) is 0 Å². The molecule has 0 amide bonds. The Balaban J connectivity index is 2.79. The number of unbranched alkanes of at least 4 members (excludes halogenated alkanes) is 5. The molecule has 8 heteroatoms. The van der Waals surface area contributed by atoms with Gasteiger partial charge >= 0.3 is 0 Å². The second-order valence-electron chi connectivity index (χ2n) is 11.5. The zero-order chi connectivity index (χ0) is 27.2. The highest BCUT2D eigenvalue weighted by Gasteiger charge is 2.26. The minimum Gasteiger partial charge on any atom is -0.396 e. The monoisotopic (exact) mass is 530 g/mol. The maximum atomic E-state index is 10.3. The summed E-state index contributed by atoms with van der Waals surface area (Å²) in [4.78, 5) is 9.60. The molecular weight excluding hydrogens is 468 g/mol. The lowest BCUT2D eigenvalue weighted by molar-refractivity contribution is 0.0726. The second-order valence-corrected chi connectivity index (χ2v) is 11.5. The summed E-state index contributed by atoms with van der Waals surface area (Å²) in [5.74, 6) is 0. The van der Waals surface area contributed by atoms with Crippen LogP contribution in [0.5, 0.6) is 0 Å². The number of rotatable bonds is 16. The summed E-state index contributed by atoms with van der Waals surface area (Å²) in [5, 5.41) is 39.0. The van der Waals surface area contributed by atoms with E-state index in [0.29, 0.717) is 19.6 Å². The zero-order valence-electron chi connectivity index (χ0n) is 24.5. The first kappa shape index (κ1) is 34.7. The summed E-state index contributed by atoms with van der Waals surface area (Å²) in [6.07, 6.45) is 11.9. The maximum Gasteiger partial charge on any atom is 0.0558 e. The summed E-state index contributed by atoms with van der Waals surface area (Å²) in [6, 6.07) is 0. The number of nitrogens with zero attached hydrogens (tertiary/aromatic N) is 4. The summed E-state index contributed by atoms with van der Waals surface area (Å²) in [5.41, 5.74) is -0.0754. The first-order chi connectivity index (χ1) is 18.0. The molecule has 0 bridgehead atoms. The molecule has 0 spiro atoms. The molecule has 0 aliphatic carbocycles. The molecule has 1 aliphatic heterocycles. The molecule has 4 N–H and O–H groups in total. The van der Waals surface area contributed by atoms with Crippen LogP contribution in [-0.4, -0.2) is 145 Å². The van der Waals surface area contributed by atoms with Gasteiger partial charge in [0, 0.05) is 51.3 Å². The van der Waals surface area contributed by atoms with Gasteiger partial charge in [-0.15, -0.1) is 0 Å². The second kappa shape index (κ2) is 22.5. The number of aliphatic hydroxyl groups excluding tert-OH is 4. The van der Waals surface area contributed by atoms with Crippen molar-refractivity contribution in [2.75, 3.05) is 105 Å². The average Bonchev–Trinajstić information content (AvgIpc) is 2.89. The molecule has 0 radical (unpaired) electrons. The van der Waals surface area contributed by atoms with Gasteiger partial charge in [-0.25, -0.2) is 0 Å². The molecule has 1 atom stereocenters. The fourth-order valence-corrected chi connectivity index (χ4v) is 5.62. The van der Waals surface area contributed by atoms with Crippen molar-refractivity contribution < 1.29 is 20.4 Å². The van der Waals surface area contributed by atoms with Crippen molar-refractivity contribution in [3.8, 4) is 0 Å². The van der Waals surface area contributed by atoms with E-state index in [2.05, 4.69) is 33.4 Å². The van der Waals surface area contributed by atoms with E-state index >= 15 is 0 Å². The highest BCUT2D eigenvalue weighted by molar-refractivity contribution is 4.79. The summed E-state index contributed by atoms with van der Waals surface area (Å²) < 4.78 is 0. The Morgan fingerprint density at radius 2 is 0.946 bits per heavy atom. The van der Waals surface area contributed by atoms with Crippen LogP contribution in [0.15, 0.2) is 0 Å². The van der Waals surface area contributed by atoms with Gasteiger partial charge in [-0.1, -0.05) is 52.4 Å². The van der Waals surface area contributed by atoms with E-state index < -0.39 is 0 Å². The maximum absolute atomic E-state index is 10.3. The van der Waals surface area contributed by atoms with E-state index in [0.717, 1.165) is 84.6 Å². The SMILES string of the molecule is CCCCCCCCC(C)(CO)CN1CCCN(CCO)CCCN(CCO)CCN(CCO)CCC1. The third-order valence-corrected chi connectivity index (χ3v) is 7.95. The fraction of sp³-hybridized carbons (Fsp3) is 1.00. The fourth-order valence-electron chi connectivity index (χ4n) is 5.62. The first-order valence-corrected chi connectivity index (χ1v) is 15.3. The van der Waals surface area contributed by atoms with Crippen molar-refractivity contribution in [2.24, 2.45) is 5.41 Å². The third-order valence-electron chi connectivity index (χ3n) is 7.95. The standard InChI is InChI=1S/C29H62N4O4/c1-3-4-5-6-7-8-12-29(2,28-37)27-33-17-10-14-30(21-24-34)13-9-15-31(22-25-35)19-20-32(23-26-36)16-11-18-33/h34-37H,3-28H2,1-2H3. The normalized spacial score (nSPS) is 20.9. The van der Waals surface area contributed by atoms with Gasteiger partial charge in [0.15, 0.2) is 0 Å². The van der Waals surface area contributed by atoms with Crippen LogP contribution in [0.25, 0.3) is 0 Å². The van der Waals surface area contributed by atoms with E-state index in [-0.39, 0.29) is 31.8 Å². The Morgan fingerprint density at radius 3 is 1.38 bits per heavy atom. The molecule has 1 aliphatic rings. The number of aliphatic hydroxyl groups is 4. The van der Waals surface area contributed by atoms with Crippen LogP contribution in [0.1, 0.15) is 78.1 Å². The Morgan fingerprint density at radius 1 is 0.541 bits per heavy atom. The predicted octanol–water partition coefficient (Wildman–Crippen LogP) is 2.10. The molecular formula is C29H62N4O4. The van der Waals surface area contributed by atoms with E-state index in [1.165, 1.54) is 38.5 Å². The Labute approximate surface area is 228 Å². The molecule has 222 valence electrons. The highest BCUT2D eigenvalue weighted by Crippen LogP contribution is 2.26. The number of hydrogen-bond donors (Lipinski definition) is 4. The zero-order valence-corrected chi connectivity index (χ0v) is 24.5. The summed E-state index contributed by atoms with van der Waals surface area (Å²) in [6.45, 7) is 15.8. The van der Waals surface area contributed by atoms with Crippen LogP contribution in [0, 0.1) is 5.41 Å². The quantitative estimate of drug-likeness (QED) is 0.226. The average molecular weight is 531 g/mol. The van der Waals surface area contributed by atoms with E-state index in [4.69, 9.17) is 0 Å². The minimum absolute atomic E-state index is 0.0754. The molecule has 1 unspecified atom stereocenters. The Kier molecular flexibility index (Phi) is 21.1. The summed E-state index contributed by atoms with van der Waals surface area (Å²) >= 11 is 0. The van der Waals surface area contributed by atoms with Crippen molar-refractivity contribution in [3.05, 3.63) is 0 Å². The van der Waals surface area contributed by atoms with Gasteiger partial charge in [0.1, 0.15) is 0 Å². The largest absolute Gasteiger partial charge is 0.396 e. The molecule has 0 aromatic carbocycles. The molecule has 1 rings (SSSR count). The first-order valence-electron chi connectivity index (χ1n) is 15.3. The molecule has 8 nitrogen and oxygen atoms in total. The van der Waals surface area contributed by atoms with Crippen molar-refractivity contribution in [1.82, 2.24) is 19.6 Å².